The Hall–Kier alpha value is -0.800. The Morgan fingerprint density at radius 3 is 2.04 bits per heavy atom. The molecule has 1 aromatic rings. The van der Waals surface area contributed by atoms with E-state index in [-0.39, 0.29) is 15.7 Å². The number of nitrogens with one attached hydrogen (secondary N) is 3. The molecule has 1 unspecified atom stereocenters. The van der Waals surface area contributed by atoms with Crippen molar-refractivity contribution < 1.29 is 22.8 Å². The molecule has 0 radical (unpaired) electrons. The van der Waals surface area contributed by atoms with E-state index in [1.807, 2.05) is 5.32 Å². The van der Waals surface area contributed by atoms with Crippen LogP contribution in [0.5, 0.6) is 0 Å². The minimum atomic E-state index is -5.23. The van der Waals surface area contributed by atoms with Gasteiger partial charge in [0.05, 0.1) is 10.0 Å². The Morgan fingerprint density at radius 2 is 1.58 bits per heavy atom. The third-order valence-corrected chi connectivity index (χ3v) is 3.71. The van der Waals surface area contributed by atoms with Crippen LogP contribution in [0.4, 0.5) is 23.7 Å². The van der Waals surface area contributed by atoms with E-state index in [2.05, 4.69) is 5.32 Å². The predicted molar refractivity (Wildman–Crippen MR) is 86.9 cm³/mol. The summed E-state index contributed by atoms with van der Waals surface area (Å²) in [6.07, 6.45) is -7.19. The Balaban J connectivity index is 2.81. The topological polar surface area (TPSA) is 70.2 Å². The van der Waals surface area contributed by atoms with Gasteiger partial charge in [-0.3, -0.25) is 4.79 Å². The second kappa shape index (κ2) is 8.05. The van der Waals surface area contributed by atoms with Crippen LogP contribution in [0.2, 0.25) is 10.0 Å². The number of rotatable bonds is 3. The van der Waals surface area contributed by atoms with Gasteiger partial charge in [0.15, 0.2) is 6.17 Å². The second-order valence-corrected chi connectivity index (χ2v) is 7.36. The maximum absolute atomic E-state index is 12.3. The number of halogens is 8. The standard InChI is InChI=1S/C11H7Cl5F3N3O2/c12-5-2-1-4(3-6(5)13)20-9(24)22-7(10(14,15)16)21-8(23)11(17,18)19/h1-3,7H,(H,21,23)(H2,20,22,24). The highest BCUT2D eigenvalue weighted by Crippen LogP contribution is 2.30. The van der Waals surface area contributed by atoms with E-state index in [9.17, 15) is 22.8 Å². The van der Waals surface area contributed by atoms with E-state index in [1.54, 1.807) is 0 Å². The highest BCUT2D eigenvalue weighted by atomic mass is 35.6. The summed E-state index contributed by atoms with van der Waals surface area (Å²) in [4.78, 5) is 22.7. The fraction of sp³-hybridized carbons (Fsp3) is 0.273. The van der Waals surface area contributed by atoms with Gasteiger partial charge in [-0.25, -0.2) is 4.79 Å². The molecule has 0 heterocycles. The molecule has 3 amide bonds. The number of hydrogen-bond acceptors (Lipinski definition) is 2. The summed E-state index contributed by atoms with van der Waals surface area (Å²) >= 11 is 27.8. The molecule has 1 rings (SSSR count). The van der Waals surface area contributed by atoms with Gasteiger partial charge in [0, 0.05) is 5.69 Å². The molecule has 0 aliphatic carbocycles. The van der Waals surface area contributed by atoms with Crippen LogP contribution in [0, 0.1) is 0 Å². The minimum absolute atomic E-state index is 0.123. The van der Waals surface area contributed by atoms with Gasteiger partial charge in [-0.05, 0) is 18.2 Å². The SMILES string of the molecule is O=C(Nc1ccc(Cl)c(Cl)c1)NC(NC(=O)C(F)(F)F)C(Cl)(Cl)Cl. The summed E-state index contributed by atoms with van der Waals surface area (Å²) < 4.78 is 34.4. The zero-order chi connectivity index (χ0) is 18.7. The minimum Gasteiger partial charge on any atom is -0.324 e. The van der Waals surface area contributed by atoms with E-state index < -0.39 is 28.1 Å². The molecule has 0 saturated heterocycles. The fourth-order valence-corrected chi connectivity index (χ4v) is 1.91. The third kappa shape index (κ3) is 6.60. The monoisotopic (exact) mass is 445 g/mol. The van der Waals surface area contributed by atoms with Crippen molar-refractivity contribution in [2.75, 3.05) is 5.32 Å². The molecule has 0 aromatic heterocycles. The number of amides is 3. The van der Waals surface area contributed by atoms with Gasteiger partial charge in [-0.2, -0.15) is 13.2 Å². The summed E-state index contributed by atoms with van der Waals surface area (Å²) in [7, 11) is 0. The van der Waals surface area contributed by atoms with Crippen LogP contribution in [0.25, 0.3) is 0 Å². The first-order chi connectivity index (χ1) is 10.8. The van der Waals surface area contributed by atoms with Gasteiger partial charge in [0.25, 0.3) is 0 Å². The normalized spacial score (nSPS) is 13.2. The molecule has 13 heteroatoms. The number of benzene rings is 1. The molecule has 0 aliphatic heterocycles. The van der Waals surface area contributed by atoms with E-state index in [4.69, 9.17) is 58.0 Å². The van der Waals surface area contributed by atoms with Crippen molar-refractivity contribution in [2.24, 2.45) is 0 Å². The Morgan fingerprint density at radius 1 is 1.00 bits per heavy atom. The van der Waals surface area contributed by atoms with Gasteiger partial charge in [-0.15, -0.1) is 0 Å². The van der Waals surface area contributed by atoms with Crippen LogP contribution in [0.15, 0.2) is 18.2 Å². The number of urea groups is 1. The summed E-state index contributed by atoms with van der Waals surface area (Å²) in [5, 5.41) is 5.81. The van der Waals surface area contributed by atoms with Crippen LogP contribution < -0.4 is 16.0 Å². The van der Waals surface area contributed by atoms with E-state index in [0.717, 1.165) is 0 Å². The summed E-state index contributed by atoms with van der Waals surface area (Å²) in [6, 6.07) is 2.96. The summed E-state index contributed by atoms with van der Waals surface area (Å²) in [5.74, 6) is -2.39. The zero-order valence-electron chi connectivity index (χ0n) is 11.1. The van der Waals surface area contributed by atoms with Crippen LogP contribution in [0.3, 0.4) is 0 Å². The number of anilines is 1. The van der Waals surface area contributed by atoms with Gasteiger partial charge in [0.2, 0.25) is 3.79 Å². The smallest absolute Gasteiger partial charge is 0.324 e. The number of carbonyl (C=O) groups excluding carboxylic acids is 2. The number of hydrogen-bond donors (Lipinski definition) is 3. The van der Waals surface area contributed by atoms with Crippen molar-refractivity contribution in [2.45, 2.75) is 16.1 Å². The molecule has 3 N–H and O–H groups in total. The predicted octanol–water partition coefficient (Wildman–Crippen LogP) is 4.49. The first kappa shape index (κ1) is 21.2. The molecule has 5 nitrogen and oxygen atoms in total. The zero-order valence-corrected chi connectivity index (χ0v) is 14.9. The third-order valence-electron chi connectivity index (χ3n) is 2.31. The molecule has 0 fully saturated rings. The molecule has 0 bridgehead atoms. The van der Waals surface area contributed by atoms with Crippen molar-refractivity contribution in [1.82, 2.24) is 10.6 Å². The lowest BCUT2D eigenvalue weighted by Crippen LogP contribution is -2.58. The number of alkyl halides is 6. The number of carbonyl (C=O) groups is 2. The lowest BCUT2D eigenvalue weighted by atomic mass is 10.3. The molecule has 24 heavy (non-hydrogen) atoms. The van der Waals surface area contributed by atoms with Gasteiger partial charge < -0.3 is 16.0 Å². The average Bonchev–Trinajstić information content (AvgIpc) is 2.40. The van der Waals surface area contributed by atoms with Crippen molar-refractivity contribution in [1.29, 1.82) is 0 Å². The lowest BCUT2D eigenvalue weighted by Gasteiger charge is -2.26. The summed E-state index contributed by atoms with van der Waals surface area (Å²) in [5.41, 5.74) is 0.159. The van der Waals surface area contributed by atoms with E-state index in [1.165, 1.54) is 23.5 Å². The van der Waals surface area contributed by atoms with Crippen LogP contribution in [-0.2, 0) is 4.79 Å². The average molecular weight is 447 g/mol. The summed E-state index contributed by atoms with van der Waals surface area (Å²) in [6.45, 7) is 0. The Bertz CT molecular complexity index is 636. The highest BCUT2D eigenvalue weighted by molar-refractivity contribution is 6.68. The van der Waals surface area contributed by atoms with Crippen molar-refractivity contribution in [3.8, 4) is 0 Å². The van der Waals surface area contributed by atoms with E-state index >= 15 is 0 Å². The molecular formula is C11H7Cl5F3N3O2. The molecule has 1 aromatic carbocycles. The largest absolute Gasteiger partial charge is 0.471 e. The maximum atomic E-state index is 12.3. The van der Waals surface area contributed by atoms with Crippen LogP contribution >= 0.6 is 58.0 Å². The molecule has 134 valence electrons. The highest BCUT2D eigenvalue weighted by Gasteiger charge is 2.44. The second-order valence-electron chi connectivity index (χ2n) is 4.17. The van der Waals surface area contributed by atoms with Crippen molar-refractivity contribution in [3.63, 3.8) is 0 Å². The Kier molecular flexibility index (Phi) is 7.13. The van der Waals surface area contributed by atoms with Crippen molar-refractivity contribution >= 4 is 75.6 Å². The molecular weight excluding hydrogens is 440 g/mol. The first-order valence-corrected chi connectivity index (χ1v) is 7.66. The fourth-order valence-electron chi connectivity index (χ4n) is 1.28. The molecule has 1 atom stereocenters. The van der Waals surface area contributed by atoms with Crippen LogP contribution in [-0.4, -0.2) is 28.1 Å². The quantitative estimate of drug-likeness (QED) is 0.472. The molecule has 0 spiro atoms. The lowest BCUT2D eigenvalue weighted by molar-refractivity contribution is -0.174. The van der Waals surface area contributed by atoms with Gasteiger partial charge >= 0.3 is 18.1 Å². The van der Waals surface area contributed by atoms with E-state index in [0.29, 0.717) is 0 Å². The van der Waals surface area contributed by atoms with Gasteiger partial charge in [0.1, 0.15) is 0 Å². The van der Waals surface area contributed by atoms with Gasteiger partial charge in [-0.1, -0.05) is 58.0 Å². The first-order valence-electron chi connectivity index (χ1n) is 5.77. The Labute approximate surface area is 158 Å². The van der Waals surface area contributed by atoms with Crippen LogP contribution in [0.1, 0.15) is 0 Å². The molecule has 0 saturated carbocycles. The maximum Gasteiger partial charge on any atom is 0.471 e. The van der Waals surface area contributed by atoms with Crippen molar-refractivity contribution in [3.05, 3.63) is 28.2 Å². The molecule has 0 aliphatic rings.